The lowest BCUT2D eigenvalue weighted by molar-refractivity contribution is 0.100. The molecule has 0 aliphatic carbocycles. The summed E-state index contributed by atoms with van der Waals surface area (Å²) in [5.41, 5.74) is 5.56. The molecule has 0 saturated carbocycles. The number of carbonyl (C=O) groups is 1. The number of carbonyl (C=O) groups excluding carboxylic acids is 1. The highest BCUT2D eigenvalue weighted by Gasteiger charge is 2.14. The van der Waals surface area contributed by atoms with Gasteiger partial charge < -0.3 is 10.5 Å². The lowest BCUT2D eigenvalue weighted by Gasteiger charge is -2.07. The molecule has 2 N–H and O–H groups in total. The minimum atomic E-state index is -0.687. The van der Waals surface area contributed by atoms with Gasteiger partial charge in [0.05, 0.1) is 23.2 Å². The van der Waals surface area contributed by atoms with Crippen molar-refractivity contribution in [2.24, 2.45) is 5.73 Å². The van der Waals surface area contributed by atoms with Gasteiger partial charge in [0.15, 0.2) is 11.6 Å². The van der Waals surface area contributed by atoms with Crippen LogP contribution in [0.5, 0.6) is 5.75 Å². The van der Waals surface area contributed by atoms with Crippen molar-refractivity contribution in [1.82, 2.24) is 4.98 Å². The summed E-state index contributed by atoms with van der Waals surface area (Å²) in [6.07, 6.45) is 1.22. The number of primary amides is 1. The molecule has 0 unspecified atom stereocenters. The number of methoxy groups -OCH3 is 1. The van der Waals surface area contributed by atoms with Gasteiger partial charge in [-0.1, -0.05) is 11.6 Å². The molecule has 1 aromatic heterocycles. The molecule has 88 valence electrons. The van der Waals surface area contributed by atoms with Gasteiger partial charge in [-0.05, 0) is 6.07 Å². The number of halogens is 2. The second-order valence-corrected chi connectivity index (χ2v) is 3.73. The van der Waals surface area contributed by atoms with Gasteiger partial charge in [0.25, 0.3) is 5.91 Å². The quantitative estimate of drug-likeness (QED) is 0.893. The van der Waals surface area contributed by atoms with Crippen LogP contribution in [-0.4, -0.2) is 18.0 Å². The Kier molecular flexibility index (Phi) is 2.85. The van der Waals surface area contributed by atoms with Crippen LogP contribution in [-0.2, 0) is 0 Å². The van der Waals surface area contributed by atoms with Crippen molar-refractivity contribution in [1.29, 1.82) is 0 Å². The summed E-state index contributed by atoms with van der Waals surface area (Å²) in [7, 11) is 1.34. The Hall–Kier alpha value is -1.88. The standard InChI is InChI=1S/C11H8ClFN2O2/c1-17-9-2-5-8(3-7(9)13)15-4-6(10(5)12)11(14)16/h2-4H,1H3,(H2,14,16). The van der Waals surface area contributed by atoms with Crippen LogP contribution < -0.4 is 10.5 Å². The molecular formula is C11H8ClFN2O2. The van der Waals surface area contributed by atoms with Gasteiger partial charge in [-0.15, -0.1) is 0 Å². The minimum absolute atomic E-state index is 0.0304. The fourth-order valence-electron chi connectivity index (χ4n) is 1.49. The first kappa shape index (κ1) is 11.6. The molecule has 4 nitrogen and oxygen atoms in total. The molecule has 1 aromatic carbocycles. The number of nitrogens with zero attached hydrogens (tertiary/aromatic N) is 1. The summed E-state index contributed by atoms with van der Waals surface area (Å²) in [4.78, 5) is 15.0. The number of nitrogens with two attached hydrogens (primary N) is 1. The average molecular weight is 255 g/mol. The maximum absolute atomic E-state index is 13.4. The molecule has 0 radical (unpaired) electrons. The van der Waals surface area contributed by atoms with Crippen LogP contribution in [0.1, 0.15) is 10.4 Å². The number of ether oxygens (including phenoxy) is 1. The van der Waals surface area contributed by atoms with E-state index in [-0.39, 0.29) is 16.3 Å². The van der Waals surface area contributed by atoms with Gasteiger partial charge in [0, 0.05) is 17.6 Å². The summed E-state index contributed by atoms with van der Waals surface area (Å²) in [5, 5.41) is 0.557. The molecule has 0 spiro atoms. The highest BCUT2D eigenvalue weighted by atomic mass is 35.5. The molecule has 1 amide bonds. The summed E-state index contributed by atoms with van der Waals surface area (Å²) in [6.45, 7) is 0. The van der Waals surface area contributed by atoms with Gasteiger partial charge in [-0.3, -0.25) is 9.78 Å². The lowest BCUT2D eigenvalue weighted by Crippen LogP contribution is -2.12. The Morgan fingerprint density at radius 2 is 2.24 bits per heavy atom. The highest BCUT2D eigenvalue weighted by Crippen LogP contribution is 2.30. The van der Waals surface area contributed by atoms with Crippen molar-refractivity contribution < 1.29 is 13.9 Å². The van der Waals surface area contributed by atoms with Gasteiger partial charge in [-0.25, -0.2) is 4.39 Å². The summed E-state index contributed by atoms with van der Waals surface area (Å²) >= 11 is 6.00. The number of benzene rings is 1. The summed E-state index contributed by atoms with van der Waals surface area (Å²) < 4.78 is 18.2. The van der Waals surface area contributed by atoms with Crippen molar-refractivity contribution in [2.45, 2.75) is 0 Å². The highest BCUT2D eigenvalue weighted by molar-refractivity contribution is 6.38. The second kappa shape index (κ2) is 4.18. The third-order valence-electron chi connectivity index (χ3n) is 2.34. The minimum Gasteiger partial charge on any atom is -0.494 e. The van der Waals surface area contributed by atoms with Crippen molar-refractivity contribution in [3.05, 3.63) is 34.7 Å². The normalized spacial score (nSPS) is 10.5. The first-order valence-electron chi connectivity index (χ1n) is 4.66. The van der Waals surface area contributed by atoms with Crippen LogP contribution in [0.15, 0.2) is 18.3 Å². The molecule has 1 heterocycles. The van der Waals surface area contributed by atoms with E-state index in [9.17, 15) is 9.18 Å². The first-order chi connectivity index (χ1) is 8.04. The van der Waals surface area contributed by atoms with E-state index in [2.05, 4.69) is 4.98 Å². The summed E-state index contributed by atoms with van der Waals surface area (Å²) in [5.74, 6) is -1.20. The van der Waals surface area contributed by atoms with Gasteiger partial charge in [0.2, 0.25) is 0 Å². The van der Waals surface area contributed by atoms with Crippen LogP contribution in [0.3, 0.4) is 0 Å². The van der Waals surface area contributed by atoms with Crippen LogP contribution >= 0.6 is 11.6 Å². The smallest absolute Gasteiger partial charge is 0.251 e. The number of hydrogen-bond donors (Lipinski definition) is 1. The summed E-state index contributed by atoms with van der Waals surface area (Å²) in [6, 6.07) is 2.57. The van der Waals surface area contributed by atoms with Crippen LogP contribution in [0.25, 0.3) is 10.9 Å². The Balaban J connectivity index is 2.80. The average Bonchev–Trinajstić information content (AvgIpc) is 2.28. The van der Waals surface area contributed by atoms with E-state index < -0.39 is 11.7 Å². The predicted molar refractivity (Wildman–Crippen MR) is 61.8 cm³/mol. The third kappa shape index (κ3) is 1.89. The number of fused-ring (bicyclic) bond motifs is 1. The van der Waals surface area contributed by atoms with E-state index in [4.69, 9.17) is 22.1 Å². The van der Waals surface area contributed by atoms with Crippen molar-refractivity contribution in [3.8, 4) is 5.75 Å². The SMILES string of the molecule is COc1cc2c(Cl)c(C(N)=O)cnc2cc1F. The van der Waals surface area contributed by atoms with E-state index in [1.807, 2.05) is 0 Å². The Morgan fingerprint density at radius 3 is 2.82 bits per heavy atom. The van der Waals surface area contributed by atoms with Crippen molar-refractivity contribution in [2.75, 3.05) is 7.11 Å². The van der Waals surface area contributed by atoms with Gasteiger partial charge in [0.1, 0.15) is 0 Å². The molecule has 2 aromatic rings. The Morgan fingerprint density at radius 1 is 1.53 bits per heavy atom. The number of amides is 1. The number of hydrogen-bond acceptors (Lipinski definition) is 3. The monoisotopic (exact) mass is 254 g/mol. The van der Waals surface area contributed by atoms with Crippen LogP contribution in [0.4, 0.5) is 4.39 Å². The maximum atomic E-state index is 13.4. The van der Waals surface area contributed by atoms with Crippen molar-refractivity contribution in [3.63, 3.8) is 0 Å². The third-order valence-corrected chi connectivity index (χ3v) is 2.75. The van der Waals surface area contributed by atoms with E-state index >= 15 is 0 Å². The van der Waals surface area contributed by atoms with E-state index in [1.54, 1.807) is 0 Å². The fraction of sp³-hybridized carbons (Fsp3) is 0.0909. The zero-order valence-electron chi connectivity index (χ0n) is 8.83. The van der Waals surface area contributed by atoms with Crippen LogP contribution in [0, 0.1) is 5.82 Å². The molecule has 0 atom stereocenters. The molecule has 0 saturated heterocycles. The first-order valence-corrected chi connectivity index (χ1v) is 5.04. The number of aromatic nitrogens is 1. The Bertz CT molecular complexity index is 616. The zero-order valence-corrected chi connectivity index (χ0v) is 9.58. The van der Waals surface area contributed by atoms with E-state index in [0.717, 1.165) is 0 Å². The van der Waals surface area contributed by atoms with Gasteiger partial charge in [-0.2, -0.15) is 0 Å². The molecule has 0 aliphatic rings. The second-order valence-electron chi connectivity index (χ2n) is 3.35. The molecular weight excluding hydrogens is 247 g/mol. The fourth-order valence-corrected chi connectivity index (χ4v) is 1.78. The zero-order chi connectivity index (χ0) is 12.6. The predicted octanol–water partition coefficient (Wildman–Crippen LogP) is 2.13. The van der Waals surface area contributed by atoms with Crippen LogP contribution in [0.2, 0.25) is 5.02 Å². The molecule has 6 heteroatoms. The molecule has 2 rings (SSSR count). The largest absolute Gasteiger partial charge is 0.494 e. The van der Waals surface area contributed by atoms with Gasteiger partial charge >= 0.3 is 0 Å². The molecule has 0 fully saturated rings. The van der Waals surface area contributed by atoms with E-state index in [0.29, 0.717) is 10.9 Å². The maximum Gasteiger partial charge on any atom is 0.251 e. The van der Waals surface area contributed by atoms with Crippen molar-refractivity contribution >= 4 is 28.4 Å². The Labute approximate surface area is 101 Å². The number of pyridine rings is 1. The molecule has 0 bridgehead atoms. The van der Waals surface area contributed by atoms with E-state index in [1.165, 1.54) is 25.4 Å². The molecule has 17 heavy (non-hydrogen) atoms. The lowest BCUT2D eigenvalue weighted by atomic mass is 10.1. The molecule has 0 aliphatic heterocycles. The topological polar surface area (TPSA) is 65.2 Å². The number of rotatable bonds is 2.